The van der Waals surface area contributed by atoms with Gasteiger partial charge < -0.3 is 10.8 Å². The number of hydrogen-bond donors (Lipinski definition) is 2. The highest BCUT2D eigenvalue weighted by atomic mass is 35.5. The fourth-order valence-corrected chi connectivity index (χ4v) is 1.13. The summed E-state index contributed by atoms with van der Waals surface area (Å²) < 4.78 is 0. The zero-order valence-electron chi connectivity index (χ0n) is 9.87. The first-order chi connectivity index (χ1) is 7.90. The summed E-state index contributed by atoms with van der Waals surface area (Å²) in [5, 5.41) is 9.49. The van der Waals surface area contributed by atoms with Crippen LogP contribution in [0.15, 0.2) is 29.3 Å². The predicted molar refractivity (Wildman–Crippen MR) is 71.6 cm³/mol. The molecule has 0 aromatic heterocycles. The Bertz CT molecular complexity index is 478. The van der Waals surface area contributed by atoms with Crippen molar-refractivity contribution >= 4 is 23.1 Å². The van der Waals surface area contributed by atoms with E-state index < -0.39 is 5.60 Å². The second-order valence-electron chi connectivity index (χ2n) is 4.10. The van der Waals surface area contributed by atoms with Crippen molar-refractivity contribution < 1.29 is 5.11 Å². The highest BCUT2D eigenvalue weighted by Crippen LogP contribution is 2.13. The summed E-state index contributed by atoms with van der Waals surface area (Å²) in [5.74, 6) is 6.16. The average Bonchev–Trinajstić information content (AvgIpc) is 2.26. The third-order valence-corrected chi connectivity index (χ3v) is 2.04. The standard InChI is InChI=1S/C13H15ClN2O/c1-13(2,17)7-6-10-4-3-5-11(8-10)16-12(15)9-14/h3-5,8,17H,9H2,1-2H3,(H2,15,16). The van der Waals surface area contributed by atoms with Crippen LogP contribution in [0.2, 0.25) is 0 Å². The van der Waals surface area contributed by atoms with E-state index in [2.05, 4.69) is 16.8 Å². The molecule has 0 amide bonds. The third kappa shape index (κ3) is 5.39. The van der Waals surface area contributed by atoms with Gasteiger partial charge in [-0.15, -0.1) is 11.6 Å². The van der Waals surface area contributed by atoms with Crippen LogP contribution in [-0.4, -0.2) is 22.4 Å². The lowest BCUT2D eigenvalue weighted by Crippen LogP contribution is -2.14. The maximum absolute atomic E-state index is 9.49. The van der Waals surface area contributed by atoms with Gasteiger partial charge in [-0.3, -0.25) is 0 Å². The normalized spacial score (nSPS) is 11.9. The first-order valence-corrected chi connectivity index (χ1v) is 5.69. The number of nitrogens with zero attached hydrogens (tertiary/aromatic N) is 1. The summed E-state index contributed by atoms with van der Waals surface area (Å²) in [6.45, 7) is 3.26. The number of hydrogen-bond acceptors (Lipinski definition) is 2. The van der Waals surface area contributed by atoms with Gasteiger partial charge in [0.1, 0.15) is 11.4 Å². The van der Waals surface area contributed by atoms with Crippen molar-refractivity contribution in [3.05, 3.63) is 29.8 Å². The first kappa shape index (κ1) is 13.6. The molecule has 0 aliphatic heterocycles. The minimum absolute atomic E-state index is 0.194. The molecule has 0 radical (unpaired) electrons. The van der Waals surface area contributed by atoms with Crippen LogP contribution in [-0.2, 0) is 0 Å². The first-order valence-electron chi connectivity index (χ1n) is 5.15. The van der Waals surface area contributed by atoms with Gasteiger partial charge in [0.2, 0.25) is 0 Å². The molecule has 0 unspecified atom stereocenters. The fraction of sp³-hybridized carbons (Fsp3) is 0.308. The lowest BCUT2D eigenvalue weighted by molar-refractivity contribution is 0.143. The molecule has 1 rings (SSSR count). The Morgan fingerprint density at radius 2 is 2.24 bits per heavy atom. The topological polar surface area (TPSA) is 58.6 Å². The lowest BCUT2D eigenvalue weighted by Gasteiger charge is -2.06. The van der Waals surface area contributed by atoms with E-state index in [0.29, 0.717) is 11.5 Å². The van der Waals surface area contributed by atoms with Gasteiger partial charge in [-0.05, 0) is 32.0 Å². The smallest absolute Gasteiger partial charge is 0.120 e. The number of aliphatic hydroxyl groups is 1. The van der Waals surface area contributed by atoms with E-state index in [-0.39, 0.29) is 5.88 Å². The van der Waals surface area contributed by atoms with Gasteiger partial charge in [-0.1, -0.05) is 17.9 Å². The molecule has 0 saturated carbocycles. The molecular formula is C13H15ClN2O. The van der Waals surface area contributed by atoms with Crippen molar-refractivity contribution in [3.63, 3.8) is 0 Å². The number of halogens is 1. The molecule has 0 saturated heterocycles. The number of alkyl halides is 1. The molecular weight excluding hydrogens is 236 g/mol. The second-order valence-corrected chi connectivity index (χ2v) is 4.36. The van der Waals surface area contributed by atoms with Crippen LogP contribution < -0.4 is 5.73 Å². The van der Waals surface area contributed by atoms with E-state index in [1.807, 2.05) is 18.2 Å². The molecule has 0 heterocycles. The molecule has 3 nitrogen and oxygen atoms in total. The Labute approximate surface area is 106 Å². The number of nitrogens with two attached hydrogens (primary N) is 1. The van der Waals surface area contributed by atoms with Crippen molar-refractivity contribution in [1.82, 2.24) is 0 Å². The zero-order chi connectivity index (χ0) is 12.9. The molecule has 1 aromatic rings. The summed E-state index contributed by atoms with van der Waals surface area (Å²) in [7, 11) is 0. The van der Waals surface area contributed by atoms with Crippen LogP contribution in [0.3, 0.4) is 0 Å². The van der Waals surface area contributed by atoms with Gasteiger partial charge in [0.05, 0.1) is 11.6 Å². The van der Waals surface area contributed by atoms with Gasteiger partial charge in [0, 0.05) is 5.56 Å². The van der Waals surface area contributed by atoms with Crippen molar-refractivity contribution in [3.8, 4) is 11.8 Å². The number of aliphatic imine (C=N–C) groups is 1. The maximum Gasteiger partial charge on any atom is 0.120 e. The minimum atomic E-state index is -1.01. The van der Waals surface area contributed by atoms with Crippen molar-refractivity contribution in [1.29, 1.82) is 0 Å². The largest absolute Gasteiger partial charge is 0.386 e. The Balaban J connectivity index is 2.97. The van der Waals surface area contributed by atoms with E-state index in [9.17, 15) is 5.11 Å². The molecule has 0 fully saturated rings. The van der Waals surface area contributed by atoms with Gasteiger partial charge >= 0.3 is 0 Å². The van der Waals surface area contributed by atoms with Crippen LogP contribution in [0.5, 0.6) is 0 Å². The zero-order valence-corrected chi connectivity index (χ0v) is 10.6. The Kier molecular flexibility index (Phi) is 4.56. The molecule has 0 aliphatic rings. The maximum atomic E-state index is 9.49. The van der Waals surface area contributed by atoms with Gasteiger partial charge in [0.25, 0.3) is 0 Å². The van der Waals surface area contributed by atoms with Crippen LogP contribution in [0.25, 0.3) is 0 Å². The summed E-state index contributed by atoms with van der Waals surface area (Å²) in [6.07, 6.45) is 0. The van der Waals surface area contributed by atoms with Gasteiger partial charge in [0.15, 0.2) is 0 Å². The van der Waals surface area contributed by atoms with Gasteiger partial charge in [-0.25, -0.2) is 4.99 Å². The Morgan fingerprint density at radius 1 is 1.53 bits per heavy atom. The van der Waals surface area contributed by atoms with Crippen LogP contribution in [0.1, 0.15) is 19.4 Å². The predicted octanol–water partition coefficient (Wildman–Crippen LogP) is 2.04. The molecule has 90 valence electrons. The summed E-state index contributed by atoms with van der Waals surface area (Å²) in [6, 6.07) is 7.27. The second kappa shape index (κ2) is 5.72. The molecule has 0 bridgehead atoms. The lowest BCUT2D eigenvalue weighted by atomic mass is 10.1. The van der Waals surface area contributed by atoms with E-state index in [0.717, 1.165) is 5.56 Å². The van der Waals surface area contributed by atoms with E-state index in [4.69, 9.17) is 17.3 Å². The van der Waals surface area contributed by atoms with Crippen LogP contribution >= 0.6 is 11.6 Å². The summed E-state index contributed by atoms with van der Waals surface area (Å²) in [4.78, 5) is 4.11. The summed E-state index contributed by atoms with van der Waals surface area (Å²) in [5.41, 5.74) is 6.01. The summed E-state index contributed by atoms with van der Waals surface area (Å²) >= 11 is 5.55. The van der Waals surface area contributed by atoms with Crippen molar-refractivity contribution in [2.75, 3.05) is 5.88 Å². The highest BCUT2D eigenvalue weighted by molar-refractivity contribution is 6.28. The Hall–Kier alpha value is -1.50. The highest BCUT2D eigenvalue weighted by Gasteiger charge is 2.05. The third-order valence-electron chi connectivity index (χ3n) is 1.77. The van der Waals surface area contributed by atoms with Gasteiger partial charge in [-0.2, -0.15) is 0 Å². The van der Waals surface area contributed by atoms with Crippen molar-refractivity contribution in [2.45, 2.75) is 19.4 Å². The van der Waals surface area contributed by atoms with E-state index >= 15 is 0 Å². The minimum Gasteiger partial charge on any atom is -0.386 e. The quantitative estimate of drug-likeness (QED) is 0.365. The molecule has 0 atom stereocenters. The SMILES string of the molecule is CC(C)(O)C#Cc1cccc(N=C(N)CCl)c1. The Morgan fingerprint density at radius 3 is 2.82 bits per heavy atom. The van der Waals surface area contributed by atoms with Crippen molar-refractivity contribution in [2.24, 2.45) is 10.7 Å². The van der Waals surface area contributed by atoms with E-state index in [1.54, 1.807) is 19.9 Å². The molecule has 0 aliphatic carbocycles. The fourth-order valence-electron chi connectivity index (χ4n) is 1.07. The van der Waals surface area contributed by atoms with Crippen LogP contribution in [0, 0.1) is 11.8 Å². The molecule has 17 heavy (non-hydrogen) atoms. The van der Waals surface area contributed by atoms with Crippen LogP contribution in [0.4, 0.5) is 5.69 Å². The number of rotatable bonds is 2. The molecule has 3 N–H and O–H groups in total. The molecule has 0 spiro atoms. The molecule has 1 aromatic carbocycles. The monoisotopic (exact) mass is 250 g/mol. The van der Waals surface area contributed by atoms with E-state index in [1.165, 1.54) is 0 Å². The molecule has 4 heteroatoms. The number of amidine groups is 1. The average molecular weight is 251 g/mol. The number of benzene rings is 1.